The highest BCUT2D eigenvalue weighted by atomic mass is 14.6. The summed E-state index contributed by atoms with van der Waals surface area (Å²) in [5.74, 6) is 1.67. The fourth-order valence-electron chi connectivity index (χ4n) is 1.86. The molecule has 1 nitrogen and oxygen atoms in total. The second-order valence-corrected chi connectivity index (χ2v) is 5.04. The van der Waals surface area contributed by atoms with E-state index in [1.807, 2.05) is 0 Å². The van der Waals surface area contributed by atoms with Gasteiger partial charge in [0.05, 0.1) is 0 Å². The van der Waals surface area contributed by atoms with Crippen LogP contribution in [0.4, 0.5) is 5.69 Å². The third kappa shape index (κ3) is 2.53. The molecule has 0 aliphatic carbocycles. The second kappa shape index (κ2) is 4.69. The Morgan fingerprint density at radius 3 is 1.93 bits per heavy atom. The summed E-state index contributed by atoms with van der Waals surface area (Å²) in [4.78, 5) is 0. The van der Waals surface area contributed by atoms with Gasteiger partial charge in [0.25, 0.3) is 0 Å². The van der Waals surface area contributed by atoms with Crippen molar-refractivity contribution in [1.29, 1.82) is 0 Å². The van der Waals surface area contributed by atoms with Gasteiger partial charge in [0.1, 0.15) is 0 Å². The summed E-state index contributed by atoms with van der Waals surface area (Å²) in [6.45, 7) is 11.1. The van der Waals surface area contributed by atoms with Crippen molar-refractivity contribution in [2.24, 2.45) is 5.92 Å². The highest BCUT2D eigenvalue weighted by Crippen LogP contribution is 2.33. The molecule has 1 aromatic rings. The van der Waals surface area contributed by atoms with Crippen molar-refractivity contribution in [2.45, 2.75) is 46.5 Å². The van der Waals surface area contributed by atoms with E-state index in [-0.39, 0.29) is 0 Å². The van der Waals surface area contributed by atoms with Crippen LogP contribution < -0.4 is 5.73 Å². The smallest absolute Gasteiger partial charge is 0.0384 e. The third-order valence-corrected chi connectivity index (χ3v) is 3.29. The van der Waals surface area contributed by atoms with Crippen LogP contribution in [0.25, 0.3) is 0 Å². The number of nitrogens with two attached hydrogens (primary N) is 1. The number of para-hydroxylation sites is 1. The summed E-state index contributed by atoms with van der Waals surface area (Å²) in [6.07, 6.45) is 0. The lowest BCUT2D eigenvalue weighted by molar-refractivity contribution is 0.536. The number of anilines is 1. The third-order valence-electron chi connectivity index (χ3n) is 3.29. The Morgan fingerprint density at radius 1 is 0.933 bits per heavy atom. The average molecular weight is 205 g/mol. The Hall–Kier alpha value is -0.980. The largest absolute Gasteiger partial charge is 0.398 e. The van der Waals surface area contributed by atoms with Crippen molar-refractivity contribution in [3.8, 4) is 0 Å². The van der Waals surface area contributed by atoms with Gasteiger partial charge in [0, 0.05) is 5.69 Å². The SMILES string of the molecule is CC(C)c1cccc([C@@H](C)C(C)C)c1N. The van der Waals surface area contributed by atoms with Gasteiger partial charge in [-0.15, -0.1) is 0 Å². The Kier molecular flexibility index (Phi) is 3.78. The molecule has 0 aliphatic rings. The highest BCUT2D eigenvalue weighted by Gasteiger charge is 2.15. The van der Waals surface area contributed by atoms with E-state index in [2.05, 4.69) is 52.8 Å². The van der Waals surface area contributed by atoms with Crippen LogP contribution >= 0.6 is 0 Å². The molecule has 0 amide bonds. The molecule has 0 aliphatic heterocycles. The minimum atomic E-state index is 0.504. The number of hydrogen-bond acceptors (Lipinski definition) is 1. The van der Waals surface area contributed by atoms with E-state index < -0.39 is 0 Å². The first-order chi connectivity index (χ1) is 6.95. The molecule has 1 aromatic carbocycles. The molecule has 2 N–H and O–H groups in total. The van der Waals surface area contributed by atoms with Crippen molar-refractivity contribution >= 4 is 5.69 Å². The molecule has 0 radical (unpaired) electrons. The molecule has 0 aromatic heterocycles. The lowest BCUT2D eigenvalue weighted by Crippen LogP contribution is -2.08. The molecule has 0 heterocycles. The van der Waals surface area contributed by atoms with Crippen molar-refractivity contribution in [3.63, 3.8) is 0 Å². The van der Waals surface area contributed by atoms with Gasteiger partial charge in [-0.05, 0) is 28.9 Å². The van der Waals surface area contributed by atoms with E-state index in [4.69, 9.17) is 5.73 Å². The predicted molar refractivity (Wildman–Crippen MR) is 68.2 cm³/mol. The normalized spacial score (nSPS) is 13.5. The molecular weight excluding hydrogens is 182 g/mol. The van der Waals surface area contributed by atoms with Crippen molar-refractivity contribution in [3.05, 3.63) is 29.3 Å². The quantitative estimate of drug-likeness (QED) is 0.737. The Balaban J connectivity index is 3.15. The minimum Gasteiger partial charge on any atom is -0.398 e. The van der Waals surface area contributed by atoms with Crippen LogP contribution in [0.15, 0.2) is 18.2 Å². The summed E-state index contributed by atoms with van der Waals surface area (Å²) in [6, 6.07) is 6.42. The Bertz CT molecular complexity index is 326. The fraction of sp³-hybridized carbons (Fsp3) is 0.571. The minimum absolute atomic E-state index is 0.504. The fourth-order valence-corrected chi connectivity index (χ4v) is 1.86. The molecule has 1 heteroatoms. The first kappa shape index (κ1) is 12.1. The van der Waals surface area contributed by atoms with E-state index in [0.717, 1.165) is 5.69 Å². The number of nitrogen functional groups attached to an aromatic ring is 1. The molecule has 1 atom stereocenters. The van der Waals surface area contributed by atoms with E-state index in [1.165, 1.54) is 11.1 Å². The summed E-state index contributed by atoms with van der Waals surface area (Å²) in [5.41, 5.74) is 9.80. The van der Waals surface area contributed by atoms with Crippen LogP contribution in [0, 0.1) is 5.92 Å². The molecule has 1 rings (SSSR count). The summed E-state index contributed by atoms with van der Waals surface area (Å²) >= 11 is 0. The van der Waals surface area contributed by atoms with Gasteiger partial charge in [-0.1, -0.05) is 52.8 Å². The average Bonchev–Trinajstić information content (AvgIpc) is 2.16. The summed E-state index contributed by atoms with van der Waals surface area (Å²) < 4.78 is 0. The van der Waals surface area contributed by atoms with Gasteiger partial charge in [-0.2, -0.15) is 0 Å². The Morgan fingerprint density at radius 2 is 1.47 bits per heavy atom. The highest BCUT2D eigenvalue weighted by molar-refractivity contribution is 5.56. The van der Waals surface area contributed by atoms with Crippen LogP contribution in [0.1, 0.15) is 57.6 Å². The maximum atomic E-state index is 6.22. The van der Waals surface area contributed by atoms with Crippen molar-refractivity contribution in [2.75, 3.05) is 5.73 Å². The zero-order chi connectivity index (χ0) is 11.6. The standard InChI is InChI=1S/C14H23N/c1-9(2)11(5)13-8-6-7-12(10(3)4)14(13)15/h6-11H,15H2,1-5H3/t11-/m0/s1. The molecule has 0 saturated heterocycles. The first-order valence-corrected chi connectivity index (χ1v) is 5.83. The monoisotopic (exact) mass is 205 g/mol. The first-order valence-electron chi connectivity index (χ1n) is 5.83. The molecular formula is C14H23N. The molecule has 84 valence electrons. The molecule has 15 heavy (non-hydrogen) atoms. The zero-order valence-corrected chi connectivity index (χ0v) is 10.5. The zero-order valence-electron chi connectivity index (χ0n) is 10.5. The van der Waals surface area contributed by atoms with Gasteiger partial charge in [0.2, 0.25) is 0 Å². The second-order valence-electron chi connectivity index (χ2n) is 5.04. The number of benzene rings is 1. The van der Waals surface area contributed by atoms with Crippen molar-refractivity contribution in [1.82, 2.24) is 0 Å². The molecule has 0 unspecified atom stereocenters. The summed E-state index contributed by atoms with van der Waals surface area (Å²) in [5, 5.41) is 0. The molecule has 0 spiro atoms. The molecule has 0 bridgehead atoms. The number of hydrogen-bond donors (Lipinski definition) is 1. The van der Waals surface area contributed by atoms with Gasteiger partial charge in [-0.25, -0.2) is 0 Å². The van der Waals surface area contributed by atoms with Crippen LogP contribution in [0.2, 0.25) is 0 Å². The van der Waals surface area contributed by atoms with Crippen LogP contribution in [0.5, 0.6) is 0 Å². The maximum absolute atomic E-state index is 6.22. The lowest BCUT2D eigenvalue weighted by Gasteiger charge is -2.21. The number of rotatable bonds is 3. The van der Waals surface area contributed by atoms with Gasteiger partial charge in [-0.3, -0.25) is 0 Å². The van der Waals surface area contributed by atoms with Crippen molar-refractivity contribution < 1.29 is 0 Å². The molecule has 0 fully saturated rings. The van der Waals surface area contributed by atoms with E-state index in [0.29, 0.717) is 17.8 Å². The van der Waals surface area contributed by atoms with E-state index in [9.17, 15) is 0 Å². The van der Waals surface area contributed by atoms with Gasteiger partial charge in [0.15, 0.2) is 0 Å². The predicted octanol–water partition coefficient (Wildman–Crippen LogP) is 4.15. The van der Waals surface area contributed by atoms with Gasteiger partial charge >= 0.3 is 0 Å². The lowest BCUT2D eigenvalue weighted by atomic mass is 9.86. The van der Waals surface area contributed by atoms with Crippen LogP contribution in [0.3, 0.4) is 0 Å². The Labute approximate surface area is 93.7 Å². The summed E-state index contributed by atoms with van der Waals surface area (Å²) in [7, 11) is 0. The molecule has 0 saturated carbocycles. The maximum Gasteiger partial charge on any atom is 0.0384 e. The van der Waals surface area contributed by atoms with Gasteiger partial charge < -0.3 is 5.73 Å². The van der Waals surface area contributed by atoms with Crippen LogP contribution in [-0.2, 0) is 0 Å². The van der Waals surface area contributed by atoms with E-state index in [1.54, 1.807) is 0 Å². The topological polar surface area (TPSA) is 26.0 Å². The van der Waals surface area contributed by atoms with E-state index >= 15 is 0 Å². The van der Waals surface area contributed by atoms with Crippen LogP contribution in [-0.4, -0.2) is 0 Å².